The van der Waals surface area contributed by atoms with Gasteiger partial charge in [-0.25, -0.2) is 0 Å². The van der Waals surface area contributed by atoms with Crippen molar-refractivity contribution in [3.05, 3.63) is 0 Å². The van der Waals surface area contributed by atoms with Gasteiger partial charge >= 0.3 is 0 Å². The monoisotopic (exact) mass is 289 g/mol. The van der Waals surface area contributed by atoms with Crippen LogP contribution < -0.4 is 5.73 Å². The molecule has 112 valence electrons. The molecule has 1 aliphatic carbocycles. The van der Waals surface area contributed by atoms with Crippen molar-refractivity contribution in [1.29, 1.82) is 0 Å². The molecule has 1 heterocycles. The molecule has 2 N–H and O–H groups in total. The van der Waals surface area contributed by atoms with Gasteiger partial charge in [0, 0.05) is 32.2 Å². The lowest BCUT2D eigenvalue weighted by atomic mass is 9.95. The first-order valence-corrected chi connectivity index (χ1v) is 7.25. The summed E-state index contributed by atoms with van der Waals surface area (Å²) in [6.45, 7) is 10.1. The molecule has 1 amide bonds. The number of rotatable bonds is 3. The summed E-state index contributed by atoms with van der Waals surface area (Å²) in [5.74, 6) is 0.574. The molecule has 4 nitrogen and oxygen atoms in total. The van der Waals surface area contributed by atoms with Gasteiger partial charge in [-0.15, -0.1) is 12.4 Å². The molecule has 0 spiro atoms. The van der Waals surface area contributed by atoms with Gasteiger partial charge in [-0.05, 0) is 46.0 Å². The summed E-state index contributed by atoms with van der Waals surface area (Å²) in [5, 5.41) is 0. The van der Waals surface area contributed by atoms with Crippen LogP contribution in [0.4, 0.5) is 0 Å². The van der Waals surface area contributed by atoms with Crippen molar-refractivity contribution in [2.75, 3.05) is 26.2 Å². The Balaban J connectivity index is 0.00000180. The molecule has 19 heavy (non-hydrogen) atoms. The Bertz CT molecular complexity index is 316. The van der Waals surface area contributed by atoms with E-state index in [9.17, 15) is 4.79 Å². The molecule has 5 heteroatoms. The van der Waals surface area contributed by atoms with Gasteiger partial charge in [-0.2, -0.15) is 0 Å². The molecule has 0 bridgehead atoms. The highest BCUT2D eigenvalue weighted by molar-refractivity contribution is 5.86. The van der Waals surface area contributed by atoms with E-state index in [0.717, 1.165) is 45.4 Å². The number of halogens is 1. The predicted molar refractivity (Wildman–Crippen MR) is 80.5 cm³/mol. The zero-order chi connectivity index (χ0) is 13.3. The van der Waals surface area contributed by atoms with Crippen molar-refractivity contribution in [2.45, 2.75) is 51.6 Å². The predicted octanol–water partition coefficient (Wildman–Crippen LogP) is 1.48. The molecule has 1 atom stereocenters. The summed E-state index contributed by atoms with van der Waals surface area (Å²) in [4.78, 5) is 16.9. The zero-order valence-electron chi connectivity index (χ0n) is 12.4. The molecule has 2 aliphatic rings. The van der Waals surface area contributed by atoms with Gasteiger partial charge in [0.05, 0.1) is 5.54 Å². The number of nitrogens with two attached hydrogens (primary N) is 1. The summed E-state index contributed by atoms with van der Waals surface area (Å²) in [6.07, 6.45) is 3.29. The van der Waals surface area contributed by atoms with E-state index in [1.165, 1.54) is 0 Å². The standard InChI is InChI=1S/C14H27N3O.ClH/c1-11(2)16-7-4-8-17(10-9-16)13(18)14(3,15)12-5-6-12;/h11-12H,4-10,15H2,1-3H3;1H. The molecule has 0 aromatic carbocycles. The van der Waals surface area contributed by atoms with E-state index in [-0.39, 0.29) is 18.3 Å². The number of nitrogens with zero attached hydrogens (tertiary/aromatic N) is 2. The highest BCUT2D eigenvalue weighted by atomic mass is 35.5. The van der Waals surface area contributed by atoms with Gasteiger partial charge in [-0.3, -0.25) is 9.69 Å². The Labute approximate surface area is 123 Å². The second kappa shape index (κ2) is 6.42. The normalized spacial score (nSPS) is 24.6. The molecule has 1 aliphatic heterocycles. The van der Waals surface area contributed by atoms with E-state index in [2.05, 4.69) is 18.7 Å². The van der Waals surface area contributed by atoms with Gasteiger partial charge in [0.25, 0.3) is 0 Å². The van der Waals surface area contributed by atoms with Crippen LogP contribution in [-0.2, 0) is 4.79 Å². The second-order valence-corrected chi connectivity index (χ2v) is 6.33. The number of carbonyl (C=O) groups is 1. The van der Waals surface area contributed by atoms with Crippen molar-refractivity contribution in [3.63, 3.8) is 0 Å². The molecule has 2 rings (SSSR count). The lowest BCUT2D eigenvalue weighted by molar-refractivity contribution is -0.137. The van der Waals surface area contributed by atoms with Crippen molar-refractivity contribution in [1.82, 2.24) is 9.80 Å². The van der Waals surface area contributed by atoms with Gasteiger partial charge in [0.15, 0.2) is 0 Å². The maximum Gasteiger partial charge on any atom is 0.242 e. The smallest absolute Gasteiger partial charge is 0.242 e. The molecule has 1 saturated heterocycles. The van der Waals surface area contributed by atoms with Crippen molar-refractivity contribution >= 4 is 18.3 Å². The van der Waals surface area contributed by atoms with Crippen LogP contribution in [0.25, 0.3) is 0 Å². The number of hydrogen-bond acceptors (Lipinski definition) is 3. The fourth-order valence-corrected chi connectivity index (χ4v) is 2.86. The summed E-state index contributed by atoms with van der Waals surface area (Å²) in [7, 11) is 0. The van der Waals surface area contributed by atoms with Crippen LogP contribution in [0.1, 0.15) is 40.0 Å². The largest absolute Gasteiger partial charge is 0.340 e. The fraction of sp³-hybridized carbons (Fsp3) is 0.929. The topological polar surface area (TPSA) is 49.6 Å². The first-order valence-electron chi connectivity index (χ1n) is 7.25. The van der Waals surface area contributed by atoms with Crippen molar-refractivity contribution in [3.8, 4) is 0 Å². The summed E-state index contributed by atoms with van der Waals surface area (Å²) >= 11 is 0. The van der Waals surface area contributed by atoms with E-state index < -0.39 is 5.54 Å². The van der Waals surface area contributed by atoms with E-state index in [1.54, 1.807) is 0 Å². The van der Waals surface area contributed by atoms with Crippen LogP contribution in [-0.4, -0.2) is 53.5 Å². The quantitative estimate of drug-likeness (QED) is 0.856. The maximum absolute atomic E-state index is 12.5. The molecular formula is C14H28ClN3O. The minimum absolute atomic E-state index is 0. The Hall–Kier alpha value is -0.320. The summed E-state index contributed by atoms with van der Waals surface area (Å²) in [6, 6.07) is 0.563. The second-order valence-electron chi connectivity index (χ2n) is 6.33. The van der Waals surface area contributed by atoms with E-state index in [0.29, 0.717) is 12.0 Å². The van der Waals surface area contributed by atoms with Crippen LogP contribution in [0.2, 0.25) is 0 Å². The number of amides is 1. The van der Waals surface area contributed by atoms with Crippen molar-refractivity contribution in [2.24, 2.45) is 11.7 Å². The average molecular weight is 290 g/mol. The first kappa shape index (κ1) is 16.7. The first-order chi connectivity index (χ1) is 8.43. The van der Waals surface area contributed by atoms with Crippen LogP contribution in [0.3, 0.4) is 0 Å². The SMILES string of the molecule is CC(C)N1CCCN(C(=O)C(C)(N)C2CC2)CC1.Cl. The lowest BCUT2D eigenvalue weighted by Crippen LogP contribution is -2.55. The molecule has 2 fully saturated rings. The fourth-order valence-electron chi connectivity index (χ4n) is 2.86. The van der Waals surface area contributed by atoms with Gasteiger partial charge in [0.1, 0.15) is 0 Å². The molecule has 0 aromatic rings. The third kappa shape index (κ3) is 3.83. The van der Waals surface area contributed by atoms with Crippen LogP contribution >= 0.6 is 12.4 Å². The Kier molecular flexibility index (Phi) is 5.65. The Morgan fingerprint density at radius 1 is 1.21 bits per heavy atom. The molecule has 1 unspecified atom stereocenters. The maximum atomic E-state index is 12.5. The summed E-state index contributed by atoms with van der Waals surface area (Å²) in [5.41, 5.74) is 5.61. The third-order valence-corrected chi connectivity index (χ3v) is 4.43. The van der Waals surface area contributed by atoms with Gasteiger partial charge in [-0.1, -0.05) is 0 Å². The van der Waals surface area contributed by atoms with E-state index >= 15 is 0 Å². The Morgan fingerprint density at radius 2 is 1.84 bits per heavy atom. The molecule has 0 radical (unpaired) electrons. The third-order valence-electron chi connectivity index (χ3n) is 4.43. The lowest BCUT2D eigenvalue weighted by Gasteiger charge is -2.31. The molecule has 1 saturated carbocycles. The van der Waals surface area contributed by atoms with Crippen LogP contribution in [0, 0.1) is 5.92 Å². The van der Waals surface area contributed by atoms with Crippen LogP contribution in [0.15, 0.2) is 0 Å². The minimum Gasteiger partial charge on any atom is -0.340 e. The zero-order valence-corrected chi connectivity index (χ0v) is 13.2. The van der Waals surface area contributed by atoms with Gasteiger partial charge in [0.2, 0.25) is 5.91 Å². The number of hydrogen-bond donors (Lipinski definition) is 1. The van der Waals surface area contributed by atoms with E-state index in [4.69, 9.17) is 5.73 Å². The highest BCUT2D eigenvalue weighted by Gasteiger charge is 2.46. The Morgan fingerprint density at radius 3 is 2.37 bits per heavy atom. The summed E-state index contributed by atoms with van der Waals surface area (Å²) < 4.78 is 0. The van der Waals surface area contributed by atoms with Gasteiger partial charge < -0.3 is 10.6 Å². The molecule has 0 aromatic heterocycles. The molecular weight excluding hydrogens is 262 g/mol. The average Bonchev–Trinajstić information content (AvgIpc) is 3.14. The van der Waals surface area contributed by atoms with Crippen molar-refractivity contribution < 1.29 is 4.79 Å². The highest BCUT2D eigenvalue weighted by Crippen LogP contribution is 2.39. The minimum atomic E-state index is -0.632. The number of carbonyl (C=O) groups excluding carboxylic acids is 1. The van der Waals surface area contributed by atoms with E-state index in [1.807, 2.05) is 11.8 Å². The van der Waals surface area contributed by atoms with Crippen LogP contribution in [0.5, 0.6) is 0 Å².